The Morgan fingerprint density at radius 1 is 1.50 bits per heavy atom. The lowest BCUT2D eigenvalue weighted by molar-refractivity contribution is -0.133. The number of hydrogen-bond donors (Lipinski definition) is 2. The van der Waals surface area contributed by atoms with Gasteiger partial charge in [0, 0.05) is 11.8 Å². The Balaban J connectivity index is 1.71. The minimum atomic E-state index is -1.19. The molecule has 3 rings (SSSR count). The molecule has 0 spiro atoms. The Morgan fingerprint density at radius 2 is 2.15 bits per heavy atom. The number of anilines is 1. The molecule has 20 heavy (non-hydrogen) atoms. The molecule has 1 aromatic rings. The van der Waals surface area contributed by atoms with E-state index < -0.39 is 5.60 Å². The highest BCUT2D eigenvalue weighted by Gasteiger charge is 2.39. The summed E-state index contributed by atoms with van der Waals surface area (Å²) >= 11 is 0. The zero-order valence-corrected chi connectivity index (χ0v) is 12.2. The van der Waals surface area contributed by atoms with Crippen molar-refractivity contribution in [3.8, 4) is 0 Å². The van der Waals surface area contributed by atoms with E-state index in [1.165, 1.54) is 12.8 Å². The van der Waals surface area contributed by atoms with Crippen molar-refractivity contribution in [1.29, 1.82) is 0 Å². The van der Waals surface area contributed by atoms with Gasteiger partial charge in [-0.05, 0) is 58.3 Å². The second-order valence-electron chi connectivity index (χ2n) is 6.39. The molecule has 2 saturated carbocycles. The molecule has 2 aliphatic rings. The first kappa shape index (κ1) is 13.6. The number of nitrogens with one attached hydrogen (secondary N) is 1. The molecule has 0 radical (unpaired) electrons. The van der Waals surface area contributed by atoms with Crippen LogP contribution < -0.4 is 5.32 Å². The van der Waals surface area contributed by atoms with E-state index in [-0.39, 0.29) is 5.91 Å². The van der Waals surface area contributed by atoms with Gasteiger partial charge in [-0.1, -0.05) is 0 Å². The van der Waals surface area contributed by atoms with E-state index in [2.05, 4.69) is 17.3 Å². The van der Waals surface area contributed by atoms with Crippen LogP contribution in [-0.2, 0) is 4.79 Å². The number of hydrogen-bond acceptors (Lipinski definition) is 3. The van der Waals surface area contributed by atoms with E-state index in [9.17, 15) is 9.90 Å². The summed E-state index contributed by atoms with van der Waals surface area (Å²) in [6.07, 6.45) is 5.46. The molecule has 5 nitrogen and oxygen atoms in total. The summed E-state index contributed by atoms with van der Waals surface area (Å²) in [4.78, 5) is 12.2. The zero-order valence-electron chi connectivity index (χ0n) is 12.2. The predicted octanol–water partition coefficient (Wildman–Crippen LogP) is 2.41. The van der Waals surface area contributed by atoms with Crippen LogP contribution in [0.15, 0.2) is 6.07 Å². The maximum Gasteiger partial charge on any atom is 0.257 e. The van der Waals surface area contributed by atoms with Crippen molar-refractivity contribution in [2.75, 3.05) is 5.32 Å². The van der Waals surface area contributed by atoms with Crippen molar-refractivity contribution in [1.82, 2.24) is 9.78 Å². The van der Waals surface area contributed by atoms with Crippen LogP contribution in [-0.4, -0.2) is 26.4 Å². The Morgan fingerprint density at radius 3 is 2.75 bits per heavy atom. The van der Waals surface area contributed by atoms with Gasteiger partial charge in [-0.3, -0.25) is 9.48 Å². The summed E-state index contributed by atoms with van der Waals surface area (Å²) in [6.45, 7) is 4.18. The van der Waals surface area contributed by atoms with Crippen molar-refractivity contribution in [2.45, 2.75) is 64.0 Å². The molecule has 5 heteroatoms. The van der Waals surface area contributed by atoms with E-state index in [4.69, 9.17) is 0 Å². The highest BCUT2D eigenvalue weighted by molar-refractivity contribution is 5.96. The second-order valence-corrected chi connectivity index (χ2v) is 6.39. The summed E-state index contributed by atoms with van der Waals surface area (Å²) in [5.41, 5.74) is -0.141. The maximum atomic E-state index is 12.2. The third-order valence-electron chi connectivity index (χ3n) is 4.71. The summed E-state index contributed by atoms with van der Waals surface area (Å²) in [5.74, 6) is 0.968. The summed E-state index contributed by atoms with van der Waals surface area (Å²) in [5, 5.41) is 17.5. The monoisotopic (exact) mass is 277 g/mol. The number of aliphatic hydroxyl groups is 1. The topological polar surface area (TPSA) is 67.2 Å². The van der Waals surface area contributed by atoms with Gasteiger partial charge in [0.25, 0.3) is 5.91 Å². The molecule has 1 heterocycles. The van der Waals surface area contributed by atoms with Crippen molar-refractivity contribution in [3.05, 3.63) is 11.8 Å². The van der Waals surface area contributed by atoms with E-state index in [0.717, 1.165) is 24.5 Å². The van der Waals surface area contributed by atoms with Gasteiger partial charge in [-0.2, -0.15) is 5.10 Å². The molecule has 0 bridgehead atoms. The SMILES string of the molecule is Cc1cc(NC(=O)C2(O)CCCC2)nn1C(C)C1CC1. The molecule has 110 valence electrons. The lowest BCUT2D eigenvalue weighted by Gasteiger charge is -2.20. The third kappa shape index (κ3) is 2.46. The molecule has 1 unspecified atom stereocenters. The largest absolute Gasteiger partial charge is 0.380 e. The summed E-state index contributed by atoms with van der Waals surface area (Å²) in [7, 11) is 0. The number of nitrogens with zero attached hydrogens (tertiary/aromatic N) is 2. The summed E-state index contributed by atoms with van der Waals surface area (Å²) in [6, 6.07) is 2.27. The minimum Gasteiger partial charge on any atom is -0.380 e. The number of carbonyl (C=O) groups excluding carboxylic acids is 1. The number of carbonyl (C=O) groups is 1. The van der Waals surface area contributed by atoms with E-state index in [1.807, 2.05) is 17.7 Å². The van der Waals surface area contributed by atoms with Crippen molar-refractivity contribution in [2.24, 2.45) is 5.92 Å². The van der Waals surface area contributed by atoms with Crippen LogP contribution in [0.2, 0.25) is 0 Å². The fourth-order valence-corrected chi connectivity index (χ4v) is 3.16. The van der Waals surface area contributed by atoms with Crippen molar-refractivity contribution >= 4 is 11.7 Å². The Labute approximate surface area is 119 Å². The molecule has 2 fully saturated rings. The van der Waals surface area contributed by atoms with Crippen molar-refractivity contribution < 1.29 is 9.90 Å². The quantitative estimate of drug-likeness (QED) is 0.888. The Bertz CT molecular complexity index is 513. The fraction of sp³-hybridized carbons (Fsp3) is 0.733. The minimum absolute atomic E-state index is 0.307. The van der Waals surface area contributed by atoms with Gasteiger partial charge in [-0.25, -0.2) is 0 Å². The van der Waals surface area contributed by atoms with Crippen LogP contribution >= 0.6 is 0 Å². The Hall–Kier alpha value is -1.36. The molecule has 0 saturated heterocycles. The van der Waals surface area contributed by atoms with Crippen LogP contribution in [0.25, 0.3) is 0 Å². The van der Waals surface area contributed by atoms with Gasteiger partial charge in [0.2, 0.25) is 0 Å². The fourth-order valence-electron chi connectivity index (χ4n) is 3.16. The van der Waals surface area contributed by atoms with Gasteiger partial charge < -0.3 is 10.4 Å². The average molecular weight is 277 g/mol. The van der Waals surface area contributed by atoms with Crippen LogP contribution in [0.5, 0.6) is 0 Å². The van der Waals surface area contributed by atoms with Gasteiger partial charge in [0.1, 0.15) is 5.60 Å². The molecular weight excluding hydrogens is 254 g/mol. The van der Waals surface area contributed by atoms with Crippen LogP contribution in [0.3, 0.4) is 0 Å². The molecule has 1 amide bonds. The molecule has 1 atom stereocenters. The lowest BCUT2D eigenvalue weighted by Crippen LogP contribution is -2.40. The number of amides is 1. The van der Waals surface area contributed by atoms with Gasteiger partial charge >= 0.3 is 0 Å². The average Bonchev–Trinajstić information content (AvgIpc) is 3.07. The molecule has 1 aromatic heterocycles. The normalized spacial score (nSPS) is 22.8. The molecule has 2 aliphatic carbocycles. The van der Waals surface area contributed by atoms with Gasteiger partial charge in [0.15, 0.2) is 5.82 Å². The lowest BCUT2D eigenvalue weighted by atomic mass is 10.0. The molecule has 0 aliphatic heterocycles. The van der Waals surface area contributed by atoms with E-state index in [1.54, 1.807) is 0 Å². The smallest absolute Gasteiger partial charge is 0.257 e. The predicted molar refractivity (Wildman–Crippen MR) is 76.4 cm³/mol. The first-order valence-electron chi connectivity index (χ1n) is 7.59. The van der Waals surface area contributed by atoms with Crippen LogP contribution in [0.4, 0.5) is 5.82 Å². The van der Waals surface area contributed by atoms with E-state index in [0.29, 0.717) is 24.7 Å². The number of rotatable bonds is 4. The highest BCUT2D eigenvalue weighted by Crippen LogP contribution is 2.40. The van der Waals surface area contributed by atoms with Crippen LogP contribution in [0.1, 0.15) is 57.2 Å². The van der Waals surface area contributed by atoms with Crippen LogP contribution in [0, 0.1) is 12.8 Å². The first-order chi connectivity index (χ1) is 9.49. The zero-order chi connectivity index (χ0) is 14.3. The van der Waals surface area contributed by atoms with Gasteiger partial charge in [-0.15, -0.1) is 0 Å². The summed E-state index contributed by atoms with van der Waals surface area (Å²) < 4.78 is 1.99. The number of aryl methyl sites for hydroxylation is 1. The maximum absolute atomic E-state index is 12.2. The third-order valence-corrected chi connectivity index (χ3v) is 4.71. The van der Waals surface area contributed by atoms with Crippen molar-refractivity contribution in [3.63, 3.8) is 0 Å². The number of aromatic nitrogens is 2. The molecular formula is C15H23N3O2. The molecule has 2 N–H and O–H groups in total. The Kier molecular flexibility index (Phi) is 3.32. The second kappa shape index (κ2) is 4.88. The highest BCUT2D eigenvalue weighted by atomic mass is 16.3. The van der Waals surface area contributed by atoms with E-state index >= 15 is 0 Å². The van der Waals surface area contributed by atoms with Gasteiger partial charge in [0.05, 0.1) is 6.04 Å². The first-order valence-corrected chi connectivity index (χ1v) is 7.59. The standard InChI is InChI=1S/C15H23N3O2/c1-10-9-13(17-18(10)11(2)12-5-6-12)16-14(19)15(20)7-3-4-8-15/h9,11-12,20H,3-8H2,1-2H3,(H,16,17,19). The molecule has 0 aromatic carbocycles.